The van der Waals surface area contributed by atoms with Crippen LogP contribution >= 0.6 is 23.4 Å². The van der Waals surface area contributed by atoms with Crippen molar-refractivity contribution in [2.45, 2.75) is 5.16 Å². The number of hydrogen-bond acceptors (Lipinski definition) is 7. The van der Waals surface area contributed by atoms with Crippen molar-refractivity contribution in [1.29, 1.82) is 0 Å². The first-order chi connectivity index (χ1) is 16.3. The fourth-order valence-electron chi connectivity index (χ4n) is 3.00. The summed E-state index contributed by atoms with van der Waals surface area (Å²) in [5.41, 5.74) is 1.39. The molecule has 34 heavy (non-hydrogen) atoms. The number of aromatic carboxylic acids is 1. The van der Waals surface area contributed by atoms with Gasteiger partial charge in [0.2, 0.25) is 5.16 Å². The van der Waals surface area contributed by atoms with Crippen LogP contribution < -0.4 is 4.74 Å². The first-order valence-electron chi connectivity index (χ1n) is 9.67. The van der Waals surface area contributed by atoms with Crippen molar-refractivity contribution in [3.63, 3.8) is 0 Å². The zero-order valence-electron chi connectivity index (χ0n) is 17.5. The second kappa shape index (κ2) is 9.86. The molecular formula is C23H16ClN3O6S. The number of benzene rings is 2. The average Bonchev–Trinajstić information content (AvgIpc) is 3.48. The van der Waals surface area contributed by atoms with Gasteiger partial charge in [0.15, 0.2) is 5.82 Å². The van der Waals surface area contributed by atoms with E-state index in [1.165, 1.54) is 25.3 Å². The van der Waals surface area contributed by atoms with E-state index >= 15 is 0 Å². The fraction of sp³-hybridized carbons (Fsp3) is 0.0435. The smallest absolute Gasteiger partial charge is 0.342 e. The van der Waals surface area contributed by atoms with E-state index < -0.39 is 11.9 Å². The molecular weight excluding hydrogens is 482 g/mol. The molecule has 11 heteroatoms. The van der Waals surface area contributed by atoms with Gasteiger partial charge in [-0.15, -0.1) is 5.10 Å². The van der Waals surface area contributed by atoms with E-state index in [4.69, 9.17) is 25.9 Å². The molecule has 0 saturated carbocycles. The SMILES string of the molecule is COc1ccc(Cl)cc1-c1nc(S/C(=C\c2ccc(-c3ccc(C(=O)O)cc3)o2)C(=O)O)n[nH]1. The standard InChI is InChI=1S/C23H16ClN3O6S/c1-32-18-8-6-14(24)10-16(18)20-25-23(27-26-20)34-19(22(30)31)11-15-7-9-17(33-15)12-2-4-13(5-3-12)21(28)29/h2-11H,1H3,(H,28,29)(H,30,31)(H,25,26,27)/b19-11-. The molecule has 4 rings (SSSR count). The number of furan rings is 1. The largest absolute Gasteiger partial charge is 0.496 e. The van der Waals surface area contributed by atoms with Crippen molar-refractivity contribution in [1.82, 2.24) is 15.2 Å². The molecule has 3 N–H and O–H groups in total. The van der Waals surface area contributed by atoms with Crippen LogP contribution in [0.15, 0.2) is 69.1 Å². The molecule has 0 aliphatic heterocycles. The Labute approximate surface area is 202 Å². The number of carboxylic acid groups (broad SMARTS) is 2. The summed E-state index contributed by atoms with van der Waals surface area (Å²) < 4.78 is 11.0. The van der Waals surface area contributed by atoms with Crippen molar-refractivity contribution < 1.29 is 29.0 Å². The second-order valence-corrected chi connectivity index (χ2v) is 8.26. The van der Waals surface area contributed by atoms with E-state index in [1.807, 2.05) is 0 Å². The van der Waals surface area contributed by atoms with E-state index in [2.05, 4.69) is 15.2 Å². The maximum atomic E-state index is 11.8. The van der Waals surface area contributed by atoms with Crippen LogP contribution in [-0.2, 0) is 4.79 Å². The van der Waals surface area contributed by atoms with Gasteiger partial charge in [0.1, 0.15) is 22.2 Å². The Morgan fingerprint density at radius 2 is 1.88 bits per heavy atom. The highest BCUT2D eigenvalue weighted by atomic mass is 35.5. The van der Waals surface area contributed by atoms with Crippen LogP contribution in [0.3, 0.4) is 0 Å². The van der Waals surface area contributed by atoms with Crippen LogP contribution in [0.4, 0.5) is 0 Å². The molecule has 0 bridgehead atoms. The fourth-order valence-corrected chi connectivity index (χ4v) is 3.86. The van der Waals surface area contributed by atoms with Crippen LogP contribution in [-0.4, -0.2) is 44.4 Å². The Morgan fingerprint density at radius 1 is 1.12 bits per heavy atom. The number of thioether (sulfide) groups is 1. The number of nitrogens with zero attached hydrogens (tertiary/aromatic N) is 2. The number of aliphatic carboxylic acids is 1. The Kier molecular flexibility index (Phi) is 6.71. The summed E-state index contributed by atoms with van der Waals surface area (Å²) in [7, 11) is 1.52. The highest BCUT2D eigenvalue weighted by Crippen LogP contribution is 2.33. The summed E-state index contributed by atoms with van der Waals surface area (Å²) in [4.78, 5) is 27.1. The molecule has 0 radical (unpaired) electrons. The topological polar surface area (TPSA) is 139 Å². The van der Waals surface area contributed by atoms with Crippen LogP contribution in [0.2, 0.25) is 5.02 Å². The summed E-state index contributed by atoms with van der Waals surface area (Å²) in [5, 5.41) is 26.2. The number of aromatic amines is 1. The predicted octanol–water partition coefficient (Wildman–Crippen LogP) is 5.31. The number of H-pyrrole nitrogens is 1. The lowest BCUT2D eigenvalue weighted by Crippen LogP contribution is -1.97. The maximum absolute atomic E-state index is 11.8. The van der Waals surface area contributed by atoms with Gasteiger partial charge in [-0.05, 0) is 54.2 Å². The zero-order chi connectivity index (χ0) is 24.2. The monoisotopic (exact) mass is 497 g/mol. The van der Waals surface area contributed by atoms with Crippen LogP contribution in [0.1, 0.15) is 16.1 Å². The summed E-state index contributed by atoms with van der Waals surface area (Å²) in [6.45, 7) is 0. The molecule has 0 unspecified atom stereocenters. The average molecular weight is 498 g/mol. The number of halogens is 1. The number of methoxy groups -OCH3 is 1. The molecule has 0 amide bonds. The van der Waals surface area contributed by atoms with Crippen molar-refractivity contribution in [2.75, 3.05) is 7.11 Å². The molecule has 0 aliphatic rings. The highest BCUT2D eigenvalue weighted by molar-refractivity contribution is 8.04. The van der Waals surface area contributed by atoms with Gasteiger partial charge in [-0.3, -0.25) is 5.10 Å². The normalized spacial score (nSPS) is 11.4. The Hall–Kier alpha value is -4.02. The maximum Gasteiger partial charge on any atom is 0.342 e. The minimum absolute atomic E-state index is 0.0641. The Morgan fingerprint density at radius 3 is 2.56 bits per heavy atom. The molecule has 2 heterocycles. The number of rotatable bonds is 8. The van der Waals surface area contributed by atoms with Crippen molar-refractivity contribution in [3.8, 4) is 28.5 Å². The quantitative estimate of drug-likeness (QED) is 0.218. The molecule has 0 fully saturated rings. The summed E-state index contributed by atoms with van der Waals surface area (Å²) in [6.07, 6.45) is 1.36. The van der Waals surface area contributed by atoms with Gasteiger partial charge in [-0.1, -0.05) is 23.7 Å². The van der Waals surface area contributed by atoms with Gasteiger partial charge in [0.25, 0.3) is 0 Å². The summed E-state index contributed by atoms with van der Waals surface area (Å²) in [6, 6.07) is 14.5. The van der Waals surface area contributed by atoms with E-state index in [9.17, 15) is 14.7 Å². The molecule has 9 nitrogen and oxygen atoms in total. The first kappa shape index (κ1) is 23.1. The molecule has 0 aliphatic carbocycles. The minimum atomic E-state index is -1.18. The number of hydrogen-bond donors (Lipinski definition) is 3. The van der Waals surface area contributed by atoms with Crippen molar-refractivity contribution in [3.05, 3.63) is 75.8 Å². The lowest BCUT2D eigenvalue weighted by Gasteiger charge is -2.05. The predicted molar refractivity (Wildman–Crippen MR) is 126 cm³/mol. The molecule has 2 aromatic heterocycles. The molecule has 4 aromatic rings. The third kappa shape index (κ3) is 5.13. The molecule has 2 aromatic carbocycles. The van der Waals surface area contributed by atoms with Crippen LogP contribution in [0, 0.1) is 0 Å². The number of carbonyl (C=O) groups is 2. The summed E-state index contributed by atoms with van der Waals surface area (Å²) >= 11 is 6.91. The number of carboxylic acids is 2. The number of aromatic nitrogens is 3. The molecule has 0 spiro atoms. The van der Waals surface area contributed by atoms with Crippen LogP contribution in [0.5, 0.6) is 5.75 Å². The van der Waals surface area contributed by atoms with Crippen LogP contribution in [0.25, 0.3) is 28.8 Å². The van der Waals surface area contributed by atoms with E-state index in [1.54, 1.807) is 42.5 Å². The third-order valence-electron chi connectivity index (χ3n) is 4.61. The van der Waals surface area contributed by atoms with Gasteiger partial charge < -0.3 is 19.4 Å². The minimum Gasteiger partial charge on any atom is -0.496 e. The second-order valence-electron chi connectivity index (χ2n) is 6.81. The molecule has 0 saturated heterocycles. The van der Waals surface area contributed by atoms with Gasteiger partial charge in [-0.25, -0.2) is 14.6 Å². The molecule has 0 atom stereocenters. The van der Waals surface area contributed by atoms with E-state index in [-0.39, 0.29) is 15.6 Å². The van der Waals surface area contributed by atoms with Gasteiger partial charge in [-0.2, -0.15) is 0 Å². The van der Waals surface area contributed by atoms with Crippen molar-refractivity contribution in [2.24, 2.45) is 0 Å². The lowest BCUT2D eigenvalue weighted by molar-refractivity contribution is -0.131. The Balaban J connectivity index is 1.56. The Bertz CT molecular complexity index is 1390. The number of ether oxygens (including phenoxy) is 1. The van der Waals surface area contributed by atoms with E-state index in [0.29, 0.717) is 39.2 Å². The van der Waals surface area contributed by atoms with Gasteiger partial charge in [0.05, 0.1) is 18.2 Å². The van der Waals surface area contributed by atoms with Gasteiger partial charge >= 0.3 is 11.9 Å². The number of nitrogens with one attached hydrogen (secondary N) is 1. The summed E-state index contributed by atoms with van der Waals surface area (Å²) in [5.74, 6) is -0.537. The lowest BCUT2D eigenvalue weighted by atomic mass is 10.1. The van der Waals surface area contributed by atoms with E-state index in [0.717, 1.165) is 11.8 Å². The van der Waals surface area contributed by atoms with Gasteiger partial charge in [0, 0.05) is 16.7 Å². The van der Waals surface area contributed by atoms with Crippen molar-refractivity contribution >= 4 is 41.4 Å². The first-order valence-corrected chi connectivity index (χ1v) is 10.9. The highest BCUT2D eigenvalue weighted by Gasteiger charge is 2.17. The molecule has 172 valence electrons. The zero-order valence-corrected chi connectivity index (χ0v) is 19.1. The third-order valence-corrected chi connectivity index (χ3v) is 5.72.